The smallest absolute Gasteiger partial charge is 0.327 e. The van der Waals surface area contributed by atoms with Crippen LogP contribution in [0.3, 0.4) is 0 Å². The van der Waals surface area contributed by atoms with Gasteiger partial charge in [0.2, 0.25) is 5.91 Å². The summed E-state index contributed by atoms with van der Waals surface area (Å²) in [5.74, 6) is -1.73. The molecule has 0 bridgehead atoms. The molecule has 1 saturated heterocycles. The number of carboxylic acid groups (broad SMARTS) is 2. The van der Waals surface area contributed by atoms with E-state index in [0.29, 0.717) is 6.42 Å². The molecule has 1 aliphatic heterocycles. The Hall–Kier alpha value is -2.37. The quantitative estimate of drug-likeness (QED) is 0.773. The Morgan fingerprint density at radius 3 is 1.80 bits per heavy atom. The number of amides is 1. The number of carbonyl (C=O) groups excluding carboxylic acids is 1. The third-order valence-electron chi connectivity index (χ3n) is 2.18. The molecule has 0 radical (unpaired) electrons. The summed E-state index contributed by atoms with van der Waals surface area (Å²) < 4.78 is 0. The second kappa shape index (κ2) is 13.1. The monoisotopic (exact) mass is 283 g/mol. The van der Waals surface area contributed by atoms with Gasteiger partial charge >= 0.3 is 11.9 Å². The molecule has 1 aliphatic rings. The van der Waals surface area contributed by atoms with Gasteiger partial charge in [-0.05, 0) is 19.0 Å². The predicted molar refractivity (Wildman–Crippen MR) is 76.0 cm³/mol. The van der Waals surface area contributed by atoms with Gasteiger partial charge in [0.1, 0.15) is 0 Å². The first-order valence-electron chi connectivity index (χ1n) is 6.01. The summed E-state index contributed by atoms with van der Waals surface area (Å²) in [7, 11) is 0. The Labute approximate surface area is 118 Å². The van der Waals surface area contributed by atoms with E-state index in [0.717, 1.165) is 31.5 Å². The van der Waals surface area contributed by atoms with E-state index >= 15 is 0 Å². The fourth-order valence-electron chi connectivity index (χ4n) is 1.20. The van der Waals surface area contributed by atoms with E-state index < -0.39 is 11.9 Å². The lowest BCUT2D eigenvalue weighted by Gasteiger charge is -2.13. The number of aliphatic carboxylic acids is 2. The molecule has 6 heteroatoms. The fraction of sp³-hybridized carbons (Fsp3) is 0.357. The highest BCUT2D eigenvalue weighted by molar-refractivity contribution is 5.79. The fourth-order valence-corrected chi connectivity index (χ4v) is 1.20. The largest absolute Gasteiger partial charge is 0.478 e. The van der Waals surface area contributed by atoms with Gasteiger partial charge in [-0.1, -0.05) is 26.2 Å². The second-order valence-electron chi connectivity index (χ2n) is 3.67. The van der Waals surface area contributed by atoms with Gasteiger partial charge in [0.15, 0.2) is 0 Å². The van der Waals surface area contributed by atoms with Crippen molar-refractivity contribution in [2.45, 2.75) is 25.7 Å². The first-order valence-corrected chi connectivity index (χ1v) is 6.01. The topological polar surface area (TPSA) is 94.9 Å². The maximum atomic E-state index is 11.1. The van der Waals surface area contributed by atoms with E-state index in [1.54, 1.807) is 11.1 Å². The van der Waals surface area contributed by atoms with E-state index in [-0.39, 0.29) is 5.91 Å². The Bertz CT molecular complexity index is 345. The van der Waals surface area contributed by atoms with Crippen molar-refractivity contribution in [3.63, 3.8) is 0 Å². The molecular formula is C14H21NO5. The Morgan fingerprint density at radius 2 is 1.45 bits per heavy atom. The number of rotatable bonds is 3. The zero-order chi connectivity index (χ0) is 16.0. The molecule has 0 spiro atoms. The highest BCUT2D eigenvalue weighted by Gasteiger charge is 2.12. The van der Waals surface area contributed by atoms with Gasteiger partial charge in [-0.15, -0.1) is 0 Å². The lowest BCUT2D eigenvalue weighted by atomic mass is 10.2. The maximum Gasteiger partial charge on any atom is 0.327 e. The molecule has 0 aromatic carbocycles. The Balaban J connectivity index is 0. The molecule has 1 amide bonds. The summed E-state index contributed by atoms with van der Waals surface area (Å²) in [4.78, 5) is 31.3. The number of carbonyl (C=O) groups is 3. The van der Waals surface area contributed by atoms with Gasteiger partial charge in [-0.2, -0.15) is 0 Å². The van der Waals surface area contributed by atoms with E-state index in [9.17, 15) is 14.4 Å². The molecule has 0 saturated carbocycles. The summed E-state index contributed by atoms with van der Waals surface area (Å²) in [6.07, 6.45) is 7.34. The van der Waals surface area contributed by atoms with E-state index in [4.69, 9.17) is 10.2 Å². The molecule has 20 heavy (non-hydrogen) atoms. The average Bonchev–Trinajstić information content (AvgIpc) is 2.64. The van der Waals surface area contributed by atoms with Crippen molar-refractivity contribution in [1.29, 1.82) is 0 Å². The van der Waals surface area contributed by atoms with E-state index in [1.807, 2.05) is 0 Å². The van der Waals surface area contributed by atoms with Gasteiger partial charge in [0, 0.05) is 25.1 Å². The average molecular weight is 283 g/mol. The van der Waals surface area contributed by atoms with Gasteiger partial charge < -0.3 is 15.1 Å². The van der Waals surface area contributed by atoms with Crippen LogP contribution in [0.25, 0.3) is 0 Å². The van der Waals surface area contributed by atoms with Crippen molar-refractivity contribution in [2.75, 3.05) is 6.54 Å². The third kappa shape index (κ3) is 13.7. The molecular weight excluding hydrogens is 262 g/mol. The van der Waals surface area contributed by atoms with Gasteiger partial charge in [-0.25, -0.2) is 9.59 Å². The SMILES string of the molecule is C=CC(=O)O.C=CC(=O)O.C=CN1CCCCCC1=O. The molecule has 0 aliphatic carbocycles. The van der Waals surface area contributed by atoms with Crippen LogP contribution in [0.4, 0.5) is 0 Å². The second-order valence-corrected chi connectivity index (χ2v) is 3.67. The molecule has 0 aromatic rings. The maximum absolute atomic E-state index is 11.1. The molecule has 1 heterocycles. The summed E-state index contributed by atoms with van der Waals surface area (Å²) in [5.41, 5.74) is 0. The van der Waals surface area contributed by atoms with E-state index in [1.165, 1.54) is 6.42 Å². The third-order valence-corrected chi connectivity index (χ3v) is 2.18. The number of nitrogens with zero attached hydrogens (tertiary/aromatic N) is 1. The van der Waals surface area contributed by atoms with Crippen LogP contribution in [-0.2, 0) is 14.4 Å². The first kappa shape index (κ1) is 20.0. The summed E-state index contributed by atoms with van der Waals surface area (Å²) in [6.45, 7) is 10.4. The van der Waals surface area contributed by atoms with Crippen LogP contribution < -0.4 is 0 Å². The number of hydrogen-bond acceptors (Lipinski definition) is 3. The molecule has 0 atom stereocenters. The van der Waals surface area contributed by atoms with Crippen LogP contribution in [0.2, 0.25) is 0 Å². The van der Waals surface area contributed by atoms with Crippen LogP contribution in [0.1, 0.15) is 25.7 Å². The van der Waals surface area contributed by atoms with Crippen LogP contribution in [0.5, 0.6) is 0 Å². The van der Waals surface area contributed by atoms with Crippen molar-refractivity contribution < 1.29 is 24.6 Å². The zero-order valence-corrected chi connectivity index (χ0v) is 11.5. The van der Waals surface area contributed by atoms with Crippen molar-refractivity contribution in [3.05, 3.63) is 38.1 Å². The Morgan fingerprint density at radius 1 is 1.00 bits per heavy atom. The lowest BCUT2D eigenvalue weighted by Crippen LogP contribution is -2.23. The Kier molecular flexibility index (Phi) is 13.0. The highest BCUT2D eigenvalue weighted by Crippen LogP contribution is 2.10. The van der Waals surface area contributed by atoms with Crippen molar-refractivity contribution in [1.82, 2.24) is 4.90 Å². The molecule has 0 aromatic heterocycles. The van der Waals surface area contributed by atoms with Crippen LogP contribution >= 0.6 is 0 Å². The molecule has 6 nitrogen and oxygen atoms in total. The minimum Gasteiger partial charge on any atom is -0.478 e. The lowest BCUT2D eigenvalue weighted by molar-refractivity contribution is -0.132. The number of carboxylic acids is 2. The first-order chi connectivity index (χ1) is 9.38. The molecule has 1 fully saturated rings. The summed E-state index contributed by atoms with van der Waals surface area (Å²) >= 11 is 0. The van der Waals surface area contributed by atoms with Gasteiger partial charge in [0.05, 0.1) is 0 Å². The molecule has 1 rings (SSSR count). The van der Waals surface area contributed by atoms with Crippen LogP contribution in [-0.4, -0.2) is 39.5 Å². The standard InChI is InChI=1S/C8H13NO.2C3H4O2/c1-2-9-7-5-3-4-6-8(9)10;2*1-2-3(4)5/h2H,1,3-7H2;2*2H,1H2,(H,4,5). The van der Waals surface area contributed by atoms with Gasteiger partial charge in [0.25, 0.3) is 0 Å². The zero-order valence-electron chi connectivity index (χ0n) is 11.5. The number of likely N-dealkylation sites (tertiary alicyclic amines) is 1. The summed E-state index contributed by atoms with van der Waals surface area (Å²) in [5, 5.41) is 15.2. The van der Waals surface area contributed by atoms with Crippen molar-refractivity contribution in [3.8, 4) is 0 Å². The van der Waals surface area contributed by atoms with Crippen molar-refractivity contribution in [2.24, 2.45) is 0 Å². The number of hydrogen-bond donors (Lipinski definition) is 2. The predicted octanol–water partition coefficient (Wildman–Crippen LogP) is 2.05. The minimum atomic E-state index is -0.981. The minimum absolute atomic E-state index is 0.229. The molecule has 0 unspecified atom stereocenters. The van der Waals surface area contributed by atoms with E-state index in [2.05, 4.69) is 19.7 Å². The van der Waals surface area contributed by atoms with Gasteiger partial charge in [-0.3, -0.25) is 4.79 Å². The molecule has 112 valence electrons. The summed E-state index contributed by atoms with van der Waals surface area (Å²) in [6, 6.07) is 0. The van der Waals surface area contributed by atoms with Crippen LogP contribution in [0, 0.1) is 0 Å². The highest BCUT2D eigenvalue weighted by atomic mass is 16.4. The van der Waals surface area contributed by atoms with Crippen LogP contribution in [0.15, 0.2) is 38.1 Å². The van der Waals surface area contributed by atoms with Crippen molar-refractivity contribution >= 4 is 17.8 Å². The normalized spacial score (nSPS) is 13.4. The molecule has 2 N–H and O–H groups in total.